The van der Waals surface area contributed by atoms with E-state index >= 15 is 0 Å². The molecule has 0 saturated carbocycles. The Morgan fingerprint density at radius 1 is 1.25 bits per heavy atom. The number of hydrogen-bond donors (Lipinski definition) is 0. The van der Waals surface area contributed by atoms with Crippen molar-refractivity contribution in [2.45, 2.75) is 20.0 Å². The molecule has 1 aromatic carbocycles. The average Bonchev–Trinajstić information content (AvgIpc) is 3.10. The van der Waals surface area contributed by atoms with Gasteiger partial charge in [0.2, 0.25) is 0 Å². The molecule has 8 heteroatoms. The van der Waals surface area contributed by atoms with Crippen LogP contribution in [-0.4, -0.2) is 30.3 Å². The Kier molecular flexibility index (Phi) is 3.12. The van der Waals surface area contributed by atoms with Gasteiger partial charge in [-0.15, -0.1) is 5.10 Å². The zero-order valence-electron chi connectivity index (χ0n) is 11.0. The fourth-order valence-electron chi connectivity index (χ4n) is 1.69. The maximum atomic E-state index is 5.73. The average molecular weight is 272 g/mol. The van der Waals surface area contributed by atoms with Crippen LogP contribution in [-0.2, 0) is 0 Å². The van der Waals surface area contributed by atoms with Gasteiger partial charge in [0.05, 0.1) is 5.69 Å². The fraction of sp³-hybridized carbons (Fsp3) is 0.250. The molecule has 2 aromatic heterocycles. The second-order valence-electron chi connectivity index (χ2n) is 4.19. The highest BCUT2D eigenvalue weighted by Crippen LogP contribution is 2.21. The Morgan fingerprint density at radius 2 is 2.05 bits per heavy atom. The van der Waals surface area contributed by atoms with Gasteiger partial charge in [-0.05, 0) is 48.5 Å². The van der Waals surface area contributed by atoms with Crippen LogP contribution in [0.3, 0.4) is 0 Å². The summed E-state index contributed by atoms with van der Waals surface area (Å²) in [5, 5.41) is 14.7. The van der Waals surface area contributed by atoms with Gasteiger partial charge in [-0.1, -0.05) is 5.16 Å². The quantitative estimate of drug-likeness (QED) is 0.710. The number of ether oxygens (including phenoxy) is 1. The summed E-state index contributed by atoms with van der Waals surface area (Å²) in [6.07, 6.45) is 1.22. The number of nitrogens with zero attached hydrogens (tertiary/aromatic N) is 6. The lowest BCUT2D eigenvalue weighted by Gasteiger charge is -2.10. The molecule has 0 N–H and O–H groups in total. The van der Waals surface area contributed by atoms with Crippen LogP contribution in [0.1, 0.15) is 24.7 Å². The molecule has 0 fully saturated rings. The van der Waals surface area contributed by atoms with E-state index in [1.807, 2.05) is 31.2 Å². The Morgan fingerprint density at radius 3 is 2.65 bits per heavy atom. The van der Waals surface area contributed by atoms with Crippen LogP contribution in [0.15, 0.2) is 35.1 Å². The predicted octanol–water partition coefficient (Wildman–Crippen LogP) is 1.49. The molecular formula is C12H12N6O2. The summed E-state index contributed by atoms with van der Waals surface area (Å²) in [5.74, 6) is 1.74. The molecule has 2 heterocycles. The third-order valence-electron chi connectivity index (χ3n) is 2.65. The summed E-state index contributed by atoms with van der Waals surface area (Å²) in [5.41, 5.74) is 0.851. The molecule has 0 spiro atoms. The van der Waals surface area contributed by atoms with Crippen LogP contribution in [0.2, 0.25) is 0 Å². The summed E-state index contributed by atoms with van der Waals surface area (Å²) in [4.78, 5) is 4.13. The summed E-state index contributed by atoms with van der Waals surface area (Å²) in [6, 6.07) is 7.38. The number of benzene rings is 1. The van der Waals surface area contributed by atoms with Crippen molar-refractivity contribution in [1.82, 2.24) is 30.3 Å². The zero-order valence-corrected chi connectivity index (χ0v) is 11.0. The molecule has 0 amide bonds. The zero-order chi connectivity index (χ0) is 13.9. The molecule has 0 aliphatic carbocycles. The van der Waals surface area contributed by atoms with Gasteiger partial charge >= 0.3 is 0 Å². The van der Waals surface area contributed by atoms with E-state index in [0.29, 0.717) is 17.5 Å². The second kappa shape index (κ2) is 5.08. The number of aryl methyl sites for hydroxylation is 1. The normalized spacial score (nSPS) is 12.3. The van der Waals surface area contributed by atoms with E-state index in [9.17, 15) is 0 Å². The summed E-state index contributed by atoms with van der Waals surface area (Å²) < 4.78 is 12.4. The molecule has 8 nitrogen and oxygen atoms in total. The molecule has 0 bridgehead atoms. The number of hydrogen-bond acceptors (Lipinski definition) is 7. The second-order valence-corrected chi connectivity index (χ2v) is 4.19. The predicted molar refractivity (Wildman–Crippen MR) is 67.2 cm³/mol. The fourth-order valence-corrected chi connectivity index (χ4v) is 1.69. The molecule has 102 valence electrons. The Hall–Kier alpha value is -2.77. The molecule has 0 saturated heterocycles. The van der Waals surface area contributed by atoms with Gasteiger partial charge < -0.3 is 9.26 Å². The number of aromatic nitrogens is 6. The van der Waals surface area contributed by atoms with Crippen molar-refractivity contribution in [3.05, 3.63) is 42.3 Å². The highest BCUT2D eigenvalue weighted by molar-refractivity contribution is 5.36. The Bertz CT molecular complexity index is 676. The highest BCUT2D eigenvalue weighted by Gasteiger charge is 2.14. The van der Waals surface area contributed by atoms with Gasteiger partial charge in [-0.2, -0.15) is 4.98 Å². The van der Waals surface area contributed by atoms with Crippen molar-refractivity contribution in [2.75, 3.05) is 0 Å². The van der Waals surface area contributed by atoms with E-state index < -0.39 is 0 Å². The number of tetrazole rings is 1. The van der Waals surface area contributed by atoms with E-state index in [1.165, 1.54) is 6.33 Å². The first kappa shape index (κ1) is 12.3. The maximum absolute atomic E-state index is 5.73. The van der Waals surface area contributed by atoms with Gasteiger partial charge in [0.1, 0.15) is 12.1 Å². The van der Waals surface area contributed by atoms with Crippen LogP contribution in [0.5, 0.6) is 5.75 Å². The minimum Gasteiger partial charge on any atom is -0.481 e. The topological polar surface area (TPSA) is 91.8 Å². The van der Waals surface area contributed by atoms with Crippen LogP contribution in [0.25, 0.3) is 5.69 Å². The van der Waals surface area contributed by atoms with Crippen molar-refractivity contribution in [3.63, 3.8) is 0 Å². The van der Waals surface area contributed by atoms with Crippen LogP contribution in [0.4, 0.5) is 0 Å². The summed E-state index contributed by atoms with van der Waals surface area (Å²) in [6.45, 7) is 3.61. The van der Waals surface area contributed by atoms with Gasteiger partial charge in [0, 0.05) is 0 Å². The van der Waals surface area contributed by atoms with Crippen LogP contribution in [0, 0.1) is 6.92 Å². The van der Waals surface area contributed by atoms with E-state index in [1.54, 1.807) is 11.6 Å². The lowest BCUT2D eigenvalue weighted by molar-refractivity contribution is 0.175. The lowest BCUT2D eigenvalue weighted by Crippen LogP contribution is -2.04. The molecule has 3 aromatic rings. The maximum Gasteiger partial charge on any atom is 0.267 e. The van der Waals surface area contributed by atoms with E-state index in [0.717, 1.165) is 5.69 Å². The first-order valence-corrected chi connectivity index (χ1v) is 6.02. The number of rotatable bonds is 4. The Labute approximate surface area is 114 Å². The molecule has 0 radical (unpaired) electrons. The van der Waals surface area contributed by atoms with Gasteiger partial charge in [0.15, 0.2) is 11.9 Å². The van der Waals surface area contributed by atoms with Crippen molar-refractivity contribution in [2.24, 2.45) is 0 Å². The third kappa shape index (κ3) is 2.48. The Balaban J connectivity index is 1.72. The lowest BCUT2D eigenvalue weighted by atomic mass is 10.3. The highest BCUT2D eigenvalue weighted by atomic mass is 16.5. The van der Waals surface area contributed by atoms with E-state index in [2.05, 4.69) is 25.7 Å². The molecule has 1 unspecified atom stereocenters. The molecule has 0 aliphatic heterocycles. The summed E-state index contributed by atoms with van der Waals surface area (Å²) in [7, 11) is 0. The van der Waals surface area contributed by atoms with Gasteiger partial charge in [-0.25, -0.2) is 4.68 Å². The minimum atomic E-state index is -0.310. The van der Waals surface area contributed by atoms with E-state index in [4.69, 9.17) is 9.26 Å². The van der Waals surface area contributed by atoms with Crippen molar-refractivity contribution < 1.29 is 9.26 Å². The molecule has 0 aliphatic rings. The van der Waals surface area contributed by atoms with E-state index in [-0.39, 0.29) is 6.10 Å². The monoisotopic (exact) mass is 272 g/mol. The van der Waals surface area contributed by atoms with Crippen LogP contribution < -0.4 is 4.74 Å². The first-order valence-electron chi connectivity index (χ1n) is 6.02. The minimum absolute atomic E-state index is 0.310. The largest absolute Gasteiger partial charge is 0.481 e. The van der Waals surface area contributed by atoms with Gasteiger partial charge in [0.25, 0.3) is 5.89 Å². The van der Waals surface area contributed by atoms with Crippen LogP contribution >= 0.6 is 0 Å². The van der Waals surface area contributed by atoms with Crippen molar-refractivity contribution >= 4 is 0 Å². The molecule has 3 rings (SSSR count). The SMILES string of the molecule is Cc1noc(C(C)Oc2ccc(-n3cnnn3)cc2)n1. The molecule has 1 atom stereocenters. The first-order chi connectivity index (χ1) is 9.72. The molecule has 20 heavy (non-hydrogen) atoms. The summed E-state index contributed by atoms with van der Waals surface area (Å²) >= 11 is 0. The smallest absolute Gasteiger partial charge is 0.267 e. The van der Waals surface area contributed by atoms with Crippen molar-refractivity contribution in [1.29, 1.82) is 0 Å². The van der Waals surface area contributed by atoms with Gasteiger partial charge in [-0.3, -0.25) is 0 Å². The van der Waals surface area contributed by atoms with Crippen molar-refractivity contribution in [3.8, 4) is 11.4 Å². The molecular weight excluding hydrogens is 260 g/mol. The third-order valence-corrected chi connectivity index (χ3v) is 2.65. The standard InChI is InChI=1S/C12H12N6O2/c1-8(12-14-9(2)15-20-12)19-11-5-3-10(4-6-11)18-7-13-16-17-18/h3-8H,1-2H3.